The van der Waals surface area contributed by atoms with Gasteiger partial charge in [-0.05, 0) is 147 Å². The Kier molecular flexibility index (Phi) is 10.2. The van der Waals surface area contributed by atoms with Crippen molar-refractivity contribution in [1.82, 2.24) is 4.57 Å². The Morgan fingerprint density at radius 2 is 0.975 bits per heavy atom. The number of nitrogens with zero attached hydrogens (tertiary/aromatic N) is 2. The van der Waals surface area contributed by atoms with Gasteiger partial charge in [-0.1, -0.05) is 190 Å². The summed E-state index contributed by atoms with van der Waals surface area (Å²) in [5, 5.41) is 7.41. The minimum atomic E-state index is -0.214. The zero-order chi connectivity index (χ0) is 52.3. The zero-order valence-corrected chi connectivity index (χ0v) is 44.4. The van der Waals surface area contributed by atoms with Gasteiger partial charge in [-0.25, -0.2) is 0 Å². The van der Waals surface area contributed by atoms with E-state index in [4.69, 9.17) is 4.42 Å². The van der Waals surface area contributed by atoms with Crippen LogP contribution in [0.2, 0.25) is 0 Å². The summed E-state index contributed by atoms with van der Waals surface area (Å²) in [5.74, 6) is 0. The quantitative estimate of drug-likeness (QED) is 0.151. The molecule has 15 aromatic rings. The Labute approximate surface area is 462 Å². The number of rotatable bonds is 8. The van der Waals surface area contributed by atoms with E-state index in [0.29, 0.717) is 0 Å². The highest BCUT2D eigenvalue weighted by Crippen LogP contribution is 2.53. The fourth-order valence-corrected chi connectivity index (χ4v) is 14.1. The van der Waals surface area contributed by atoms with Crippen LogP contribution in [0.1, 0.15) is 25.0 Å². The third-order valence-electron chi connectivity index (χ3n) is 16.8. The summed E-state index contributed by atoms with van der Waals surface area (Å²) in [6.45, 7) is 4.78. The molecule has 0 aliphatic heterocycles. The van der Waals surface area contributed by atoms with Gasteiger partial charge in [0.2, 0.25) is 0 Å². The summed E-state index contributed by atoms with van der Waals surface area (Å²) in [7, 11) is 0. The summed E-state index contributed by atoms with van der Waals surface area (Å²) >= 11 is 1.86. The number of anilines is 3. The van der Waals surface area contributed by atoms with Gasteiger partial charge in [0.15, 0.2) is 0 Å². The Bertz CT molecular complexity index is 4920. The summed E-state index contributed by atoms with van der Waals surface area (Å²) < 4.78 is 11.6. The second-order valence-electron chi connectivity index (χ2n) is 21.6. The molecule has 3 heterocycles. The topological polar surface area (TPSA) is 21.3 Å². The Morgan fingerprint density at radius 1 is 0.367 bits per heavy atom. The minimum Gasteiger partial charge on any atom is -0.455 e. The van der Waals surface area contributed by atoms with E-state index in [2.05, 4.69) is 284 Å². The molecule has 3 aromatic heterocycles. The first-order valence-electron chi connectivity index (χ1n) is 27.2. The first kappa shape index (κ1) is 45.5. The molecule has 3 nitrogen and oxygen atoms in total. The van der Waals surface area contributed by atoms with Crippen molar-refractivity contribution >= 4 is 92.3 Å². The summed E-state index contributed by atoms with van der Waals surface area (Å²) in [4.78, 5) is 2.42. The van der Waals surface area contributed by atoms with Gasteiger partial charge in [0, 0.05) is 75.3 Å². The van der Waals surface area contributed by atoms with Crippen LogP contribution in [-0.2, 0) is 5.41 Å². The molecule has 4 heteroatoms. The van der Waals surface area contributed by atoms with Gasteiger partial charge >= 0.3 is 0 Å². The SMILES string of the molecule is CC1(C)c2ccc(-c3ccccc3N(c3ccc(-c4ccc5sc6ccccc6c5c4)cc3)c3ccc(-c4cccc5c4oc4ccccc45)cc3)cc2-c2ccc(-c3cccc4c3c3ccccc3n4-c3ccccc3)cc21. The number of benzene rings is 12. The van der Waals surface area contributed by atoms with Crippen molar-refractivity contribution in [3.63, 3.8) is 0 Å². The van der Waals surface area contributed by atoms with Gasteiger partial charge in [0.25, 0.3) is 0 Å². The van der Waals surface area contributed by atoms with Crippen molar-refractivity contribution in [2.75, 3.05) is 4.90 Å². The Morgan fingerprint density at radius 3 is 1.82 bits per heavy atom. The number of aromatic nitrogens is 1. The summed E-state index contributed by atoms with van der Waals surface area (Å²) in [6, 6.07) is 98.1. The van der Waals surface area contributed by atoms with E-state index in [0.717, 1.165) is 61.4 Å². The third-order valence-corrected chi connectivity index (χ3v) is 18.0. The fraction of sp³-hybridized carbons (Fsp3) is 0.0400. The highest BCUT2D eigenvalue weighted by molar-refractivity contribution is 7.25. The van der Waals surface area contributed by atoms with Crippen LogP contribution in [0.15, 0.2) is 271 Å². The van der Waals surface area contributed by atoms with E-state index in [-0.39, 0.29) is 5.41 Å². The predicted molar refractivity (Wildman–Crippen MR) is 335 cm³/mol. The van der Waals surface area contributed by atoms with E-state index in [9.17, 15) is 0 Å². The van der Waals surface area contributed by atoms with E-state index in [1.54, 1.807) is 0 Å². The van der Waals surface area contributed by atoms with E-state index in [1.807, 2.05) is 17.4 Å². The van der Waals surface area contributed by atoms with Crippen LogP contribution >= 0.6 is 11.3 Å². The van der Waals surface area contributed by atoms with Gasteiger partial charge in [-0.15, -0.1) is 11.3 Å². The van der Waals surface area contributed by atoms with Crippen molar-refractivity contribution in [3.05, 3.63) is 278 Å². The van der Waals surface area contributed by atoms with E-state index >= 15 is 0 Å². The number of fused-ring (bicyclic) bond motifs is 12. The molecule has 79 heavy (non-hydrogen) atoms. The minimum absolute atomic E-state index is 0.214. The third kappa shape index (κ3) is 7.11. The molecule has 0 radical (unpaired) electrons. The molecule has 0 saturated heterocycles. The maximum Gasteiger partial charge on any atom is 0.143 e. The Balaban J connectivity index is 0.807. The van der Waals surface area contributed by atoms with Crippen molar-refractivity contribution in [3.8, 4) is 61.3 Å². The molecular weight excluding hydrogens is 977 g/mol. The smallest absolute Gasteiger partial charge is 0.143 e. The van der Waals surface area contributed by atoms with Crippen LogP contribution in [0, 0.1) is 0 Å². The first-order chi connectivity index (χ1) is 38.9. The molecule has 1 aliphatic carbocycles. The fourth-order valence-electron chi connectivity index (χ4n) is 13.0. The molecule has 12 aromatic carbocycles. The highest BCUT2D eigenvalue weighted by atomic mass is 32.1. The molecule has 372 valence electrons. The normalized spacial score (nSPS) is 12.8. The van der Waals surface area contributed by atoms with Crippen LogP contribution in [-0.4, -0.2) is 4.57 Å². The van der Waals surface area contributed by atoms with Crippen molar-refractivity contribution in [1.29, 1.82) is 0 Å². The molecular formula is C75H50N2OS. The molecule has 0 N–H and O–H groups in total. The lowest BCUT2D eigenvalue weighted by atomic mass is 9.81. The second-order valence-corrected chi connectivity index (χ2v) is 22.7. The van der Waals surface area contributed by atoms with Gasteiger partial charge in [0.1, 0.15) is 11.2 Å². The highest BCUT2D eigenvalue weighted by Gasteiger charge is 2.36. The van der Waals surface area contributed by atoms with Crippen molar-refractivity contribution in [2.24, 2.45) is 0 Å². The summed E-state index contributed by atoms with van der Waals surface area (Å²) in [5.41, 5.74) is 23.1. The molecule has 1 aliphatic rings. The van der Waals surface area contributed by atoms with Crippen LogP contribution in [0.5, 0.6) is 0 Å². The van der Waals surface area contributed by atoms with E-state index < -0.39 is 0 Å². The lowest BCUT2D eigenvalue weighted by Gasteiger charge is -2.28. The van der Waals surface area contributed by atoms with Gasteiger partial charge in [-0.2, -0.15) is 0 Å². The maximum atomic E-state index is 6.53. The van der Waals surface area contributed by atoms with Crippen LogP contribution in [0.3, 0.4) is 0 Å². The largest absolute Gasteiger partial charge is 0.455 e. The van der Waals surface area contributed by atoms with Crippen LogP contribution in [0.25, 0.3) is 125 Å². The van der Waals surface area contributed by atoms with Crippen LogP contribution in [0.4, 0.5) is 17.1 Å². The Hall–Kier alpha value is -9.74. The number of thiophene rings is 1. The number of hydrogen-bond acceptors (Lipinski definition) is 3. The van der Waals surface area contributed by atoms with Gasteiger partial charge in [-0.3, -0.25) is 0 Å². The molecule has 0 saturated carbocycles. The predicted octanol–water partition coefficient (Wildman–Crippen LogP) is 21.5. The monoisotopic (exact) mass is 1030 g/mol. The molecule has 0 amide bonds. The van der Waals surface area contributed by atoms with Crippen molar-refractivity contribution in [2.45, 2.75) is 19.3 Å². The van der Waals surface area contributed by atoms with Gasteiger partial charge in [0.05, 0.1) is 16.7 Å². The van der Waals surface area contributed by atoms with Gasteiger partial charge < -0.3 is 13.9 Å². The second kappa shape index (κ2) is 17.7. The van der Waals surface area contributed by atoms with Crippen LogP contribution < -0.4 is 4.90 Å². The molecule has 16 rings (SSSR count). The molecule has 0 unspecified atom stereocenters. The number of furan rings is 1. The standard InChI is InChI=1S/C75H50N2OS/c1-75(2)65-42-35-50(45-63(65)58-41-34-51(46-66(58)75)56-22-15-27-69-73(56)62-21-7-11-26-68(62)77(69)52-16-4-3-5-17-52)55-18-6-10-25-67(55)76(53-37-30-47(31-38-53)49-36-43-72-64(44-49)60-20-9-13-29-71(60)79-72)54-39-32-48(33-40-54)57-23-14-24-61-59-19-8-12-28-70(59)78-74(57)61/h3-46H,1-2H3. The number of hydrogen-bond donors (Lipinski definition) is 0. The lowest BCUT2D eigenvalue weighted by Crippen LogP contribution is -2.15. The van der Waals surface area contributed by atoms with E-state index in [1.165, 1.54) is 92.0 Å². The molecule has 0 atom stereocenters. The average Bonchev–Trinajstić information content (AvgIpc) is 4.44. The van der Waals surface area contributed by atoms with Crippen molar-refractivity contribution < 1.29 is 4.42 Å². The first-order valence-corrected chi connectivity index (χ1v) is 28.0. The molecule has 0 spiro atoms. The summed E-state index contributed by atoms with van der Waals surface area (Å²) in [6.07, 6.45) is 0. The average molecular weight is 1030 g/mol. The zero-order valence-electron chi connectivity index (χ0n) is 43.6. The molecule has 0 fully saturated rings. The maximum absolute atomic E-state index is 6.53. The molecule has 0 bridgehead atoms. The lowest BCUT2D eigenvalue weighted by molar-refractivity contribution is 0.660. The number of para-hydroxylation sites is 5.